The molecule has 0 aliphatic heterocycles. The molecule has 0 aliphatic rings. The lowest BCUT2D eigenvalue weighted by Gasteiger charge is -2.17. The van der Waals surface area contributed by atoms with Gasteiger partial charge in [-0.3, -0.25) is 0 Å². The summed E-state index contributed by atoms with van der Waals surface area (Å²) in [5.74, 6) is -0.636. The Hall–Kier alpha value is -2.56. The normalized spacial score (nSPS) is 10.7. The third-order valence-corrected chi connectivity index (χ3v) is 3.68. The number of hydrogen-bond donors (Lipinski definition) is 1. The fraction of sp³-hybridized carbons (Fsp3) is 0.278. The van der Waals surface area contributed by atoms with E-state index >= 15 is 0 Å². The molecule has 0 heterocycles. The van der Waals surface area contributed by atoms with Crippen LogP contribution in [0.5, 0.6) is 11.5 Å². The molecule has 0 fully saturated rings. The first-order valence-corrected chi connectivity index (χ1v) is 7.18. The Balaban J connectivity index is 2.69. The molecule has 0 atom stereocenters. The Bertz CT molecular complexity index is 738. The van der Waals surface area contributed by atoms with E-state index < -0.39 is 11.8 Å². The van der Waals surface area contributed by atoms with Gasteiger partial charge in [-0.2, -0.15) is 0 Å². The van der Waals surface area contributed by atoms with E-state index in [0.29, 0.717) is 22.6 Å². The van der Waals surface area contributed by atoms with Crippen LogP contribution in [-0.2, 0) is 0 Å². The third kappa shape index (κ3) is 3.28. The van der Waals surface area contributed by atoms with E-state index in [-0.39, 0.29) is 11.5 Å². The second-order valence-electron chi connectivity index (χ2n) is 5.45. The fourth-order valence-electron chi connectivity index (χ4n) is 2.46. The van der Waals surface area contributed by atoms with E-state index in [0.717, 1.165) is 11.6 Å². The topological polar surface area (TPSA) is 55.8 Å². The summed E-state index contributed by atoms with van der Waals surface area (Å²) in [5, 5.41) is 9.10. The number of hydrogen-bond acceptors (Lipinski definition) is 3. The molecule has 0 aromatic heterocycles. The van der Waals surface area contributed by atoms with Crippen LogP contribution >= 0.6 is 0 Å². The molecule has 1 N–H and O–H groups in total. The van der Waals surface area contributed by atoms with Crippen molar-refractivity contribution in [3.8, 4) is 22.6 Å². The Morgan fingerprint density at radius 2 is 1.74 bits per heavy atom. The van der Waals surface area contributed by atoms with Crippen LogP contribution in [0.2, 0.25) is 0 Å². The largest absolute Gasteiger partial charge is 0.496 e. The molecule has 0 aliphatic carbocycles. The highest BCUT2D eigenvalue weighted by Crippen LogP contribution is 2.39. The number of methoxy groups -OCH3 is 2. The number of rotatable bonds is 5. The first kappa shape index (κ1) is 16.8. The van der Waals surface area contributed by atoms with Crippen LogP contribution < -0.4 is 9.47 Å². The number of ether oxygens (including phenoxy) is 2. The van der Waals surface area contributed by atoms with Crippen LogP contribution in [0, 0.1) is 5.82 Å². The van der Waals surface area contributed by atoms with Crippen molar-refractivity contribution in [2.45, 2.75) is 19.8 Å². The summed E-state index contributed by atoms with van der Waals surface area (Å²) in [6, 6.07) is 7.65. The van der Waals surface area contributed by atoms with Crippen LogP contribution in [0.4, 0.5) is 4.39 Å². The van der Waals surface area contributed by atoms with Gasteiger partial charge in [0.15, 0.2) is 0 Å². The molecule has 0 unspecified atom stereocenters. The van der Waals surface area contributed by atoms with Crippen molar-refractivity contribution in [2.24, 2.45) is 0 Å². The molecule has 0 spiro atoms. The van der Waals surface area contributed by atoms with E-state index in [2.05, 4.69) is 0 Å². The van der Waals surface area contributed by atoms with E-state index in [1.54, 1.807) is 13.2 Å². The number of halogens is 1. The first-order chi connectivity index (χ1) is 10.9. The van der Waals surface area contributed by atoms with Crippen molar-refractivity contribution < 1.29 is 23.8 Å². The quantitative estimate of drug-likeness (QED) is 0.891. The lowest BCUT2D eigenvalue weighted by Crippen LogP contribution is -2.02. The third-order valence-electron chi connectivity index (χ3n) is 3.68. The van der Waals surface area contributed by atoms with Gasteiger partial charge in [-0.05, 0) is 35.2 Å². The highest BCUT2D eigenvalue weighted by Gasteiger charge is 2.17. The van der Waals surface area contributed by atoms with Crippen LogP contribution in [0.1, 0.15) is 35.7 Å². The van der Waals surface area contributed by atoms with E-state index in [1.165, 1.54) is 19.2 Å². The molecule has 2 aromatic rings. The van der Waals surface area contributed by atoms with Gasteiger partial charge in [-0.15, -0.1) is 0 Å². The molecular formula is C18H19FO4. The highest BCUT2D eigenvalue weighted by atomic mass is 19.1. The Kier molecular flexibility index (Phi) is 4.89. The van der Waals surface area contributed by atoms with Crippen molar-refractivity contribution in [1.82, 2.24) is 0 Å². The average molecular weight is 318 g/mol. The zero-order chi connectivity index (χ0) is 17.1. The molecule has 23 heavy (non-hydrogen) atoms. The number of aromatic carboxylic acids is 1. The lowest BCUT2D eigenvalue weighted by molar-refractivity contribution is 0.0692. The molecular weight excluding hydrogens is 299 g/mol. The molecule has 122 valence electrons. The Morgan fingerprint density at radius 1 is 1.09 bits per heavy atom. The van der Waals surface area contributed by atoms with Gasteiger partial charge in [0.25, 0.3) is 0 Å². The summed E-state index contributed by atoms with van der Waals surface area (Å²) in [4.78, 5) is 11.1. The van der Waals surface area contributed by atoms with Crippen molar-refractivity contribution >= 4 is 5.97 Å². The smallest absolute Gasteiger partial charge is 0.338 e. The minimum atomic E-state index is -1.30. The van der Waals surface area contributed by atoms with Crippen LogP contribution in [0.25, 0.3) is 11.1 Å². The molecule has 0 amide bonds. The number of carboxylic acids is 1. The maximum atomic E-state index is 13.6. The number of benzene rings is 2. The molecule has 0 radical (unpaired) electrons. The number of carbonyl (C=O) groups is 1. The van der Waals surface area contributed by atoms with Gasteiger partial charge in [0.1, 0.15) is 17.3 Å². The van der Waals surface area contributed by atoms with Crippen molar-refractivity contribution in [2.75, 3.05) is 14.2 Å². The summed E-state index contributed by atoms with van der Waals surface area (Å²) in [6.45, 7) is 4.06. The lowest BCUT2D eigenvalue weighted by atomic mass is 9.94. The van der Waals surface area contributed by atoms with Crippen LogP contribution in [0.3, 0.4) is 0 Å². The zero-order valence-electron chi connectivity index (χ0n) is 13.5. The van der Waals surface area contributed by atoms with Gasteiger partial charge < -0.3 is 14.6 Å². The fourth-order valence-corrected chi connectivity index (χ4v) is 2.46. The Labute approximate surface area is 134 Å². The van der Waals surface area contributed by atoms with Gasteiger partial charge in [0.05, 0.1) is 19.8 Å². The predicted molar refractivity (Wildman–Crippen MR) is 86.0 cm³/mol. The molecule has 2 aromatic carbocycles. The van der Waals surface area contributed by atoms with Crippen molar-refractivity contribution in [1.29, 1.82) is 0 Å². The van der Waals surface area contributed by atoms with Gasteiger partial charge in [-0.1, -0.05) is 19.9 Å². The Morgan fingerprint density at radius 3 is 2.26 bits per heavy atom. The van der Waals surface area contributed by atoms with E-state index in [4.69, 9.17) is 14.6 Å². The van der Waals surface area contributed by atoms with Crippen LogP contribution in [0.15, 0.2) is 30.3 Å². The summed E-state index contributed by atoms with van der Waals surface area (Å²) >= 11 is 0. The van der Waals surface area contributed by atoms with Gasteiger partial charge >= 0.3 is 5.97 Å². The SMILES string of the molecule is COc1cc(OC)c(C(C)C)cc1-c1ccc(F)c(C(=O)O)c1. The molecule has 0 bridgehead atoms. The van der Waals surface area contributed by atoms with Gasteiger partial charge in [0, 0.05) is 11.6 Å². The maximum Gasteiger partial charge on any atom is 0.338 e. The molecule has 2 rings (SSSR count). The first-order valence-electron chi connectivity index (χ1n) is 7.18. The highest BCUT2D eigenvalue weighted by molar-refractivity contribution is 5.90. The molecule has 0 saturated carbocycles. The average Bonchev–Trinajstić information content (AvgIpc) is 2.53. The number of carboxylic acid groups (broad SMARTS) is 1. The van der Waals surface area contributed by atoms with E-state index in [1.807, 2.05) is 19.9 Å². The second-order valence-corrected chi connectivity index (χ2v) is 5.45. The molecule has 4 nitrogen and oxygen atoms in total. The molecule has 5 heteroatoms. The molecule has 0 saturated heterocycles. The second kappa shape index (κ2) is 6.69. The minimum absolute atomic E-state index is 0.203. The minimum Gasteiger partial charge on any atom is -0.496 e. The monoisotopic (exact) mass is 318 g/mol. The summed E-state index contributed by atoms with van der Waals surface area (Å²) < 4.78 is 24.4. The van der Waals surface area contributed by atoms with Crippen molar-refractivity contribution in [3.05, 3.63) is 47.3 Å². The van der Waals surface area contributed by atoms with Gasteiger partial charge in [0.2, 0.25) is 0 Å². The van der Waals surface area contributed by atoms with E-state index in [9.17, 15) is 9.18 Å². The summed E-state index contributed by atoms with van der Waals surface area (Å²) in [7, 11) is 3.11. The zero-order valence-corrected chi connectivity index (χ0v) is 13.5. The summed E-state index contributed by atoms with van der Waals surface area (Å²) in [5.41, 5.74) is 1.86. The van der Waals surface area contributed by atoms with Crippen LogP contribution in [-0.4, -0.2) is 25.3 Å². The van der Waals surface area contributed by atoms with Gasteiger partial charge in [-0.25, -0.2) is 9.18 Å². The van der Waals surface area contributed by atoms with Crippen molar-refractivity contribution in [3.63, 3.8) is 0 Å². The standard InChI is InChI=1S/C18H19FO4/c1-10(2)12-8-13(17(23-4)9-16(12)22-3)11-5-6-15(19)14(7-11)18(20)21/h5-10H,1-4H3,(H,20,21). The maximum absolute atomic E-state index is 13.6. The summed E-state index contributed by atoms with van der Waals surface area (Å²) in [6.07, 6.45) is 0. The predicted octanol–water partition coefficient (Wildman–Crippen LogP) is 4.33.